The predicted octanol–water partition coefficient (Wildman–Crippen LogP) is 5.06. The molecule has 1 atom stereocenters. The first-order chi connectivity index (χ1) is 12.2. The molecular formula is C17H21N5OS2. The fourth-order valence-corrected chi connectivity index (χ4v) is 4.95. The molecule has 3 aromatic heterocycles. The first-order valence-electron chi connectivity index (χ1n) is 8.68. The number of rotatable bonds is 5. The third-order valence-corrected chi connectivity index (χ3v) is 6.50. The standard InChI is InChI=1S/C17H21N5OS2/c1-11(16-18-15(21-23-16)14-9-6-10-24-14)25-17-20-19-12(2)22(17)13-7-4-3-5-8-13/h6,9-11,13H,3-5,7-8H2,1-2H3. The summed E-state index contributed by atoms with van der Waals surface area (Å²) in [5.74, 6) is 2.28. The Labute approximate surface area is 155 Å². The van der Waals surface area contributed by atoms with Gasteiger partial charge in [0.1, 0.15) is 5.82 Å². The van der Waals surface area contributed by atoms with Crippen LogP contribution in [0.3, 0.4) is 0 Å². The molecular weight excluding hydrogens is 354 g/mol. The van der Waals surface area contributed by atoms with E-state index in [4.69, 9.17) is 4.52 Å². The summed E-state index contributed by atoms with van der Waals surface area (Å²) in [6.45, 7) is 4.11. The van der Waals surface area contributed by atoms with Crippen molar-refractivity contribution in [2.45, 2.75) is 62.4 Å². The molecule has 0 N–H and O–H groups in total. The average molecular weight is 376 g/mol. The van der Waals surface area contributed by atoms with Crippen molar-refractivity contribution >= 4 is 23.1 Å². The van der Waals surface area contributed by atoms with Crippen molar-refractivity contribution in [1.82, 2.24) is 24.9 Å². The molecule has 1 aliphatic rings. The Hall–Kier alpha value is -1.67. The van der Waals surface area contributed by atoms with Crippen molar-refractivity contribution < 1.29 is 4.52 Å². The van der Waals surface area contributed by atoms with Gasteiger partial charge in [0.05, 0.1) is 10.1 Å². The molecule has 0 aromatic carbocycles. The first-order valence-corrected chi connectivity index (χ1v) is 10.4. The highest BCUT2D eigenvalue weighted by Gasteiger charge is 2.25. The molecule has 1 saturated carbocycles. The number of aromatic nitrogens is 5. The second-order valence-corrected chi connectivity index (χ2v) is 8.64. The van der Waals surface area contributed by atoms with Crippen molar-refractivity contribution in [2.75, 3.05) is 0 Å². The van der Waals surface area contributed by atoms with Crippen LogP contribution in [0.25, 0.3) is 10.7 Å². The topological polar surface area (TPSA) is 69.6 Å². The smallest absolute Gasteiger partial charge is 0.240 e. The highest BCUT2D eigenvalue weighted by atomic mass is 32.2. The quantitative estimate of drug-likeness (QED) is 0.581. The molecule has 6 nitrogen and oxygen atoms in total. The van der Waals surface area contributed by atoms with E-state index in [0.717, 1.165) is 15.9 Å². The lowest BCUT2D eigenvalue weighted by atomic mass is 9.95. The van der Waals surface area contributed by atoms with E-state index in [0.29, 0.717) is 17.8 Å². The molecule has 0 spiro atoms. The number of aryl methyl sites for hydroxylation is 1. The number of thiophene rings is 1. The summed E-state index contributed by atoms with van der Waals surface area (Å²) in [5.41, 5.74) is 0. The van der Waals surface area contributed by atoms with Gasteiger partial charge in [-0.2, -0.15) is 4.98 Å². The van der Waals surface area contributed by atoms with Crippen LogP contribution in [0.4, 0.5) is 0 Å². The Morgan fingerprint density at radius 1 is 1.28 bits per heavy atom. The lowest BCUT2D eigenvalue weighted by molar-refractivity contribution is 0.331. The molecule has 0 bridgehead atoms. The van der Waals surface area contributed by atoms with Crippen LogP contribution in [-0.4, -0.2) is 24.9 Å². The summed E-state index contributed by atoms with van der Waals surface area (Å²) in [6, 6.07) is 4.51. The van der Waals surface area contributed by atoms with E-state index < -0.39 is 0 Å². The van der Waals surface area contributed by atoms with Gasteiger partial charge < -0.3 is 9.09 Å². The third kappa shape index (κ3) is 3.50. The van der Waals surface area contributed by atoms with E-state index in [9.17, 15) is 0 Å². The lowest BCUT2D eigenvalue weighted by Gasteiger charge is -2.25. The van der Waals surface area contributed by atoms with Crippen molar-refractivity contribution in [3.8, 4) is 10.7 Å². The van der Waals surface area contributed by atoms with Crippen LogP contribution in [0.5, 0.6) is 0 Å². The maximum absolute atomic E-state index is 5.48. The lowest BCUT2D eigenvalue weighted by Crippen LogP contribution is -2.15. The summed E-state index contributed by atoms with van der Waals surface area (Å²) in [6.07, 6.45) is 6.34. The zero-order valence-electron chi connectivity index (χ0n) is 14.4. The molecule has 1 unspecified atom stereocenters. The van der Waals surface area contributed by atoms with Crippen LogP contribution >= 0.6 is 23.1 Å². The molecule has 8 heteroatoms. The predicted molar refractivity (Wildman–Crippen MR) is 98.8 cm³/mol. The van der Waals surface area contributed by atoms with Gasteiger partial charge in [-0.25, -0.2) is 0 Å². The number of nitrogens with zero attached hydrogens (tertiary/aromatic N) is 5. The van der Waals surface area contributed by atoms with Gasteiger partial charge in [0.2, 0.25) is 11.7 Å². The van der Waals surface area contributed by atoms with Crippen LogP contribution in [0, 0.1) is 6.92 Å². The highest BCUT2D eigenvalue weighted by Crippen LogP contribution is 2.38. The molecule has 1 fully saturated rings. The average Bonchev–Trinajstić information content (AvgIpc) is 3.36. The largest absolute Gasteiger partial charge is 0.338 e. The van der Waals surface area contributed by atoms with E-state index in [1.165, 1.54) is 32.1 Å². The Kier molecular flexibility index (Phi) is 4.89. The monoisotopic (exact) mass is 375 g/mol. The molecule has 3 aromatic rings. The number of hydrogen-bond acceptors (Lipinski definition) is 7. The van der Waals surface area contributed by atoms with Crippen molar-refractivity contribution in [3.63, 3.8) is 0 Å². The van der Waals surface area contributed by atoms with Gasteiger partial charge in [0, 0.05) is 6.04 Å². The molecule has 4 rings (SSSR count). The normalized spacial score (nSPS) is 17.0. The van der Waals surface area contributed by atoms with Gasteiger partial charge in [-0.15, -0.1) is 21.5 Å². The maximum atomic E-state index is 5.48. The van der Waals surface area contributed by atoms with Gasteiger partial charge in [-0.1, -0.05) is 42.2 Å². The van der Waals surface area contributed by atoms with Gasteiger partial charge in [-0.3, -0.25) is 0 Å². The van der Waals surface area contributed by atoms with Crippen LogP contribution in [0.2, 0.25) is 0 Å². The van der Waals surface area contributed by atoms with E-state index in [1.807, 2.05) is 24.4 Å². The molecule has 132 valence electrons. The minimum atomic E-state index is 0.0344. The second kappa shape index (κ2) is 7.29. The first kappa shape index (κ1) is 16.8. The van der Waals surface area contributed by atoms with E-state index in [2.05, 4.69) is 31.8 Å². The summed E-state index contributed by atoms with van der Waals surface area (Å²) in [4.78, 5) is 5.57. The van der Waals surface area contributed by atoms with Crippen LogP contribution in [0.15, 0.2) is 27.2 Å². The summed E-state index contributed by atoms with van der Waals surface area (Å²) in [7, 11) is 0. The SMILES string of the molecule is Cc1nnc(SC(C)c2nc(-c3cccs3)no2)n1C1CCCCC1. The number of hydrogen-bond donors (Lipinski definition) is 0. The zero-order chi connectivity index (χ0) is 17.2. The summed E-state index contributed by atoms with van der Waals surface area (Å²) in [5, 5.41) is 15.8. The van der Waals surface area contributed by atoms with Crippen LogP contribution in [0.1, 0.15) is 62.0 Å². The maximum Gasteiger partial charge on any atom is 0.240 e. The van der Waals surface area contributed by atoms with Gasteiger partial charge in [0.15, 0.2) is 5.16 Å². The Bertz CT molecular complexity index is 820. The Morgan fingerprint density at radius 3 is 2.88 bits per heavy atom. The Balaban J connectivity index is 1.52. The molecule has 0 amide bonds. The van der Waals surface area contributed by atoms with Crippen molar-refractivity contribution in [1.29, 1.82) is 0 Å². The minimum absolute atomic E-state index is 0.0344. The van der Waals surface area contributed by atoms with Crippen LogP contribution < -0.4 is 0 Å². The van der Waals surface area contributed by atoms with Crippen molar-refractivity contribution in [2.24, 2.45) is 0 Å². The van der Waals surface area contributed by atoms with Gasteiger partial charge >= 0.3 is 0 Å². The molecule has 0 radical (unpaired) electrons. The van der Waals surface area contributed by atoms with E-state index in [1.54, 1.807) is 23.1 Å². The molecule has 0 aliphatic heterocycles. The summed E-state index contributed by atoms with van der Waals surface area (Å²) >= 11 is 3.26. The zero-order valence-corrected chi connectivity index (χ0v) is 16.0. The second-order valence-electron chi connectivity index (χ2n) is 6.39. The summed E-state index contributed by atoms with van der Waals surface area (Å²) < 4.78 is 7.78. The minimum Gasteiger partial charge on any atom is -0.338 e. The van der Waals surface area contributed by atoms with Crippen molar-refractivity contribution in [3.05, 3.63) is 29.2 Å². The third-order valence-electron chi connectivity index (χ3n) is 4.59. The number of thioether (sulfide) groups is 1. The van der Waals surface area contributed by atoms with Crippen LogP contribution in [-0.2, 0) is 0 Å². The fourth-order valence-electron chi connectivity index (χ4n) is 3.30. The molecule has 1 aliphatic carbocycles. The van der Waals surface area contributed by atoms with Gasteiger partial charge in [-0.05, 0) is 38.1 Å². The molecule has 0 saturated heterocycles. The molecule has 25 heavy (non-hydrogen) atoms. The van der Waals surface area contributed by atoms with E-state index in [-0.39, 0.29) is 5.25 Å². The fraction of sp³-hybridized carbons (Fsp3) is 0.529. The Morgan fingerprint density at radius 2 is 2.12 bits per heavy atom. The van der Waals surface area contributed by atoms with E-state index >= 15 is 0 Å². The van der Waals surface area contributed by atoms with Gasteiger partial charge in [0.25, 0.3) is 0 Å². The molecule has 3 heterocycles. The highest BCUT2D eigenvalue weighted by molar-refractivity contribution is 7.99.